The number of aryl methyl sites for hydroxylation is 1. The van der Waals surface area contributed by atoms with Crippen LogP contribution in [0, 0.1) is 6.92 Å². The summed E-state index contributed by atoms with van der Waals surface area (Å²) in [6.45, 7) is 2.21. The molecule has 1 N–H and O–H groups in total. The van der Waals surface area contributed by atoms with Crippen LogP contribution in [-0.4, -0.2) is 34.0 Å². The van der Waals surface area contributed by atoms with E-state index >= 15 is 0 Å². The lowest BCUT2D eigenvalue weighted by atomic mass is 10.2. The van der Waals surface area contributed by atoms with Gasteiger partial charge in [-0.05, 0) is 56.2 Å². The zero-order chi connectivity index (χ0) is 16.3. The molecule has 4 nitrogen and oxygen atoms in total. The van der Waals surface area contributed by atoms with Gasteiger partial charge in [0.25, 0.3) is 0 Å². The van der Waals surface area contributed by atoms with Crippen LogP contribution in [-0.2, 0) is 10.0 Å². The summed E-state index contributed by atoms with van der Waals surface area (Å²) in [7, 11) is 0.382. The Morgan fingerprint density at radius 1 is 1.32 bits per heavy atom. The van der Waals surface area contributed by atoms with Crippen LogP contribution in [0.15, 0.2) is 45.1 Å². The van der Waals surface area contributed by atoms with Gasteiger partial charge in [-0.25, -0.2) is 13.1 Å². The van der Waals surface area contributed by atoms with Gasteiger partial charge >= 0.3 is 0 Å². The first kappa shape index (κ1) is 17.6. The Hall–Kier alpha value is -0.730. The van der Waals surface area contributed by atoms with E-state index in [1.165, 1.54) is 0 Å². The summed E-state index contributed by atoms with van der Waals surface area (Å²) >= 11 is 5.01. The molecule has 1 atom stereocenters. The third-order valence-electron chi connectivity index (χ3n) is 3.40. The Morgan fingerprint density at radius 3 is 2.59 bits per heavy atom. The van der Waals surface area contributed by atoms with Gasteiger partial charge in [0.1, 0.15) is 0 Å². The molecule has 0 bridgehead atoms. The number of hydrogen-bond donors (Lipinski definition) is 1. The number of rotatable bonds is 6. The van der Waals surface area contributed by atoms with Crippen LogP contribution in [0.3, 0.4) is 0 Å². The quantitative estimate of drug-likeness (QED) is 0.805. The zero-order valence-corrected chi connectivity index (χ0v) is 15.9. The first-order chi connectivity index (χ1) is 10.3. The molecule has 22 heavy (non-hydrogen) atoms. The number of halogens is 1. The van der Waals surface area contributed by atoms with Crippen LogP contribution in [0.1, 0.15) is 16.5 Å². The minimum Gasteiger partial charge on any atom is -0.300 e. The molecule has 2 rings (SSSR count). The molecule has 7 heteroatoms. The average Bonchev–Trinajstić information content (AvgIpc) is 2.95. The Morgan fingerprint density at radius 2 is 2.05 bits per heavy atom. The summed E-state index contributed by atoms with van der Waals surface area (Å²) in [5.74, 6) is 0. The monoisotopic (exact) mass is 402 g/mol. The number of sulfonamides is 1. The van der Waals surface area contributed by atoms with Gasteiger partial charge in [-0.15, -0.1) is 11.3 Å². The number of hydrogen-bond acceptors (Lipinski definition) is 4. The maximum Gasteiger partial charge on any atom is 0.240 e. The molecule has 0 aliphatic heterocycles. The van der Waals surface area contributed by atoms with E-state index in [4.69, 9.17) is 0 Å². The van der Waals surface area contributed by atoms with Crippen LogP contribution < -0.4 is 4.72 Å². The maximum absolute atomic E-state index is 12.5. The van der Waals surface area contributed by atoms with Crippen molar-refractivity contribution in [2.24, 2.45) is 0 Å². The predicted molar refractivity (Wildman–Crippen MR) is 94.8 cm³/mol. The molecule has 1 heterocycles. The van der Waals surface area contributed by atoms with Gasteiger partial charge < -0.3 is 4.90 Å². The van der Waals surface area contributed by atoms with Crippen molar-refractivity contribution < 1.29 is 8.42 Å². The lowest BCUT2D eigenvalue weighted by molar-refractivity contribution is 0.303. The lowest BCUT2D eigenvalue weighted by Crippen LogP contribution is -2.34. The van der Waals surface area contributed by atoms with Crippen molar-refractivity contribution >= 4 is 37.3 Å². The first-order valence-corrected chi connectivity index (χ1v) is 9.92. The van der Waals surface area contributed by atoms with E-state index in [2.05, 4.69) is 20.7 Å². The fraction of sp³-hybridized carbons (Fsp3) is 0.333. The summed E-state index contributed by atoms with van der Waals surface area (Å²) < 4.78 is 28.5. The molecule has 0 aliphatic rings. The van der Waals surface area contributed by atoms with Gasteiger partial charge in [0, 0.05) is 15.9 Å². The average molecular weight is 403 g/mol. The third-order valence-corrected chi connectivity index (χ3v) is 6.69. The summed E-state index contributed by atoms with van der Waals surface area (Å²) in [4.78, 5) is 3.44. The highest BCUT2D eigenvalue weighted by Gasteiger charge is 2.20. The number of likely N-dealkylation sites (N-methyl/N-ethyl adjacent to an activating group) is 1. The number of nitrogens with one attached hydrogen (secondary N) is 1. The zero-order valence-electron chi connectivity index (χ0n) is 12.7. The van der Waals surface area contributed by atoms with Gasteiger partial charge in [0.2, 0.25) is 10.0 Å². The fourth-order valence-electron chi connectivity index (χ4n) is 2.07. The van der Waals surface area contributed by atoms with E-state index in [1.54, 1.807) is 29.5 Å². The fourth-order valence-corrected chi connectivity index (χ4v) is 4.37. The molecule has 1 aromatic heterocycles. The van der Waals surface area contributed by atoms with Crippen LogP contribution >= 0.6 is 27.3 Å². The Bertz CT molecular complexity index is 728. The number of benzene rings is 1. The van der Waals surface area contributed by atoms with Crippen molar-refractivity contribution in [2.45, 2.75) is 17.9 Å². The van der Waals surface area contributed by atoms with Crippen molar-refractivity contribution in [3.05, 3.63) is 50.6 Å². The molecule has 0 saturated heterocycles. The van der Waals surface area contributed by atoms with Crippen molar-refractivity contribution in [1.29, 1.82) is 0 Å². The second kappa shape index (κ2) is 7.23. The van der Waals surface area contributed by atoms with E-state index in [-0.39, 0.29) is 10.9 Å². The first-order valence-electron chi connectivity index (χ1n) is 6.77. The molecule has 120 valence electrons. The Labute approximate surface area is 144 Å². The summed E-state index contributed by atoms with van der Waals surface area (Å²) in [6.07, 6.45) is 0. The molecule has 0 spiro atoms. The van der Waals surface area contributed by atoms with Crippen LogP contribution in [0.4, 0.5) is 0 Å². The van der Waals surface area contributed by atoms with E-state index in [0.717, 1.165) is 14.9 Å². The normalized spacial score (nSPS) is 13.5. The standard InChI is InChI=1S/C15H19BrN2O2S2/c1-11-9-12(6-7-13(11)16)22(19,20)17-10-14(18(2)3)15-5-4-8-21-15/h4-9,14,17H,10H2,1-3H3/t14-/m1/s1. The number of nitrogens with zero attached hydrogens (tertiary/aromatic N) is 1. The number of thiophene rings is 1. The molecule has 2 aromatic rings. The molecule has 0 fully saturated rings. The van der Waals surface area contributed by atoms with E-state index in [0.29, 0.717) is 6.54 Å². The summed E-state index contributed by atoms with van der Waals surface area (Å²) in [6, 6.07) is 9.05. The van der Waals surface area contributed by atoms with Gasteiger partial charge in [-0.1, -0.05) is 22.0 Å². The molecule has 0 saturated carbocycles. The smallest absolute Gasteiger partial charge is 0.240 e. The lowest BCUT2D eigenvalue weighted by Gasteiger charge is -2.23. The second-order valence-electron chi connectivity index (χ2n) is 5.26. The van der Waals surface area contributed by atoms with Gasteiger partial charge in [-0.3, -0.25) is 0 Å². The second-order valence-corrected chi connectivity index (χ2v) is 8.86. The van der Waals surface area contributed by atoms with Crippen molar-refractivity contribution in [3.8, 4) is 0 Å². The minimum absolute atomic E-state index is 0.0197. The van der Waals surface area contributed by atoms with Crippen molar-refractivity contribution in [3.63, 3.8) is 0 Å². The van der Waals surface area contributed by atoms with Gasteiger partial charge in [-0.2, -0.15) is 0 Å². The van der Waals surface area contributed by atoms with Crippen molar-refractivity contribution in [1.82, 2.24) is 9.62 Å². The van der Waals surface area contributed by atoms with E-state index in [9.17, 15) is 8.42 Å². The van der Waals surface area contributed by atoms with Gasteiger partial charge in [0.05, 0.1) is 10.9 Å². The molecule has 0 aliphatic carbocycles. The largest absolute Gasteiger partial charge is 0.300 e. The Balaban J connectivity index is 2.16. The third kappa shape index (κ3) is 4.17. The van der Waals surface area contributed by atoms with Crippen LogP contribution in [0.25, 0.3) is 0 Å². The predicted octanol–water partition coefficient (Wildman–Crippen LogP) is 3.40. The minimum atomic E-state index is -3.51. The maximum atomic E-state index is 12.5. The highest BCUT2D eigenvalue weighted by Crippen LogP contribution is 2.24. The molecule has 0 radical (unpaired) electrons. The van der Waals surface area contributed by atoms with E-state index in [1.807, 2.05) is 43.4 Å². The van der Waals surface area contributed by atoms with Gasteiger partial charge in [0.15, 0.2) is 0 Å². The molecule has 0 unspecified atom stereocenters. The highest BCUT2D eigenvalue weighted by atomic mass is 79.9. The highest BCUT2D eigenvalue weighted by molar-refractivity contribution is 9.10. The summed E-state index contributed by atoms with van der Waals surface area (Å²) in [5.41, 5.74) is 0.894. The summed E-state index contributed by atoms with van der Waals surface area (Å²) in [5, 5.41) is 2.00. The molecule has 1 aromatic carbocycles. The van der Waals surface area contributed by atoms with Crippen LogP contribution in [0.2, 0.25) is 0 Å². The van der Waals surface area contributed by atoms with Crippen LogP contribution in [0.5, 0.6) is 0 Å². The molecular weight excluding hydrogens is 384 g/mol. The SMILES string of the molecule is Cc1cc(S(=O)(=O)NC[C@H](c2cccs2)N(C)C)ccc1Br. The van der Waals surface area contributed by atoms with Crippen molar-refractivity contribution in [2.75, 3.05) is 20.6 Å². The molecular formula is C15H19BrN2O2S2. The molecule has 0 amide bonds. The van der Waals surface area contributed by atoms with E-state index < -0.39 is 10.0 Å². The Kier molecular flexibility index (Phi) is 5.79. The topological polar surface area (TPSA) is 49.4 Å².